The maximum absolute atomic E-state index is 12.7. The Morgan fingerprint density at radius 1 is 1.00 bits per heavy atom. The van der Waals surface area contributed by atoms with Crippen molar-refractivity contribution in [1.82, 2.24) is 20.4 Å². The Bertz CT molecular complexity index is 1660. The lowest BCUT2D eigenvalue weighted by Gasteiger charge is -2.31. The van der Waals surface area contributed by atoms with Gasteiger partial charge in [0.15, 0.2) is 0 Å². The highest BCUT2D eigenvalue weighted by molar-refractivity contribution is 7.10. The fourth-order valence-corrected chi connectivity index (χ4v) is 6.99. The molecule has 41 heavy (non-hydrogen) atoms. The van der Waals surface area contributed by atoms with Gasteiger partial charge >= 0.3 is 0 Å². The molecule has 1 aliphatic heterocycles. The van der Waals surface area contributed by atoms with Crippen LogP contribution >= 0.6 is 22.7 Å². The molecule has 2 amide bonds. The van der Waals surface area contributed by atoms with Gasteiger partial charge in [0, 0.05) is 47.4 Å². The summed E-state index contributed by atoms with van der Waals surface area (Å²) in [7, 11) is 1.63. The monoisotopic (exact) mass is 582 g/mol. The summed E-state index contributed by atoms with van der Waals surface area (Å²) in [6, 6.07) is 19.7. The summed E-state index contributed by atoms with van der Waals surface area (Å²) in [4.78, 5) is 32.8. The van der Waals surface area contributed by atoms with Crippen molar-refractivity contribution in [3.8, 4) is 33.6 Å². The second-order valence-corrected chi connectivity index (χ2v) is 12.1. The number of nitrogens with zero attached hydrogens (tertiary/aromatic N) is 3. The first-order valence-electron chi connectivity index (χ1n) is 13.7. The molecule has 0 radical (unpaired) electrons. The minimum atomic E-state index is -0.108. The maximum Gasteiger partial charge on any atom is 0.251 e. The molecule has 208 valence electrons. The van der Waals surface area contributed by atoms with Crippen molar-refractivity contribution < 1.29 is 14.1 Å². The lowest BCUT2D eigenvalue weighted by molar-refractivity contribution is -0.131. The smallest absolute Gasteiger partial charge is 0.251 e. The van der Waals surface area contributed by atoms with Gasteiger partial charge in [-0.3, -0.25) is 9.59 Å². The Morgan fingerprint density at radius 3 is 2.51 bits per heavy atom. The summed E-state index contributed by atoms with van der Waals surface area (Å²) in [6.07, 6.45) is 2.32. The van der Waals surface area contributed by atoms with Crippen molar-refractivity contribution in [3.63, 3.8) is 0 Å². The van der Waals surface area contributed by atoms with Gasteiger partial charge in [-0.2, -0.15) is 0 Å². The lowest BCUT2D eigenvalue weighted by Crippen LogP contribution is -2.38. The fourth-order valence-electron chi connectivity index (χ4n) is 5.32. The number of carbonyl (C=O) groups excluding carboxylic acids is 2. The average molecular weight is 583 g/mol. The van der Waals surface area contributed by atoms with Crippen LogP contribution in [0.2, 0.25) is 0 Å². The molecule has 1 saturated heterocycles. The third kappa shape index (κ3) is 5.73. The summed E-state index contributed by atoms with van der Waals surface area (Å²) < 4.78 is 5.67. The van der Waals surface area contributed by atoms with Gasteiger partial charge in [-0.25, -0.2) is 4.98 Å². The topological polar surface area (TPSA) is 88.3 Å². The Balaban J connectivity index is 1.18. The quantitative estimate of drug-likeness (QED) is 0.228. The Morgan fingerprint density at radius 2 is 1.78 bits per heavy atom. The SMILES string of the molecule is CNC(=O)c1ccc(-c2cccc(-c3noc(C)c3-c3csc(C4CCN(C(=O)Cc5cccs5)CC4)n3)c2)cc1. The standard InChI is InChI=1S/C32H30N4O3S2/c1-20-29(27-19-41-32(34-27)23-12-14-36(15-13-23)28(37)18-26-7-4-16-40-26)30(35-39-20)25-6-3-5-24(17-25)21-8-10-22(11-9-21)31(38)33-2/h3-11,16-17,19,23H,12-15,18H2,1-2H3,(H,33,38). The number of thiophene rings is 1. The van der Waals surface area contributed by atoms with E-state index in [1.165, 1.54) is 0 Å². The number of thiazole rings is 1. The molecule has 1 N–H and O–H groups in total. The van der Waals surface area contributed by atoms with Gasteiger partial charge in [-0.15, -0.1) is 22.7 Å². The van der Waals surface area contributed by atoms with Crippen LogP contribution in [-0.4, -0.2) is 47.0 Å². The molecule has 0 saturated carbocycles. The molecule has 2 aromatic carbocycles. The molecule has 6 rings (SSSR count). The highest BCUT2D eigenvalue weighted by Gasteiger charge is 2.27. The highest BCUT2D eigenvalue weighted by Crippen LogP contribution is 2.39. The van der Waals surface area contributed by atoms with Gasteiger partial charge in [0.2, 0.25) is 5.91 Å². The van der Waals surface area contributed by atoms with E-state index in [1.54, 1.807) is 29.7 Å². The number of likely N-dealkylation sites (tertiary alicyclic amines) is 1. The first-order valence-corrected chi connectivity index (χ1v) is 15.4. The van der Waals surface area contributed by atoms with E-state index < -0.39 is 0 Å². The summed E-state index contributed by atoms with van der Waals surface area (Å²) in [5.74, 6) is 1.17. The van der Waals surface area contributed by atoms with E-state index in [0.29, 0.717) is 17.9 Å². The van der Waals surface area contributed by atoms with Crippen LogP contribution in [0.3, 0.4) is 0 Å². The molecular weight excluding hydrogens is 553 g/mol. The van der Waals surface area contributed by atoms with Gasteiger partial charge in [-0.05, 0) is 60.5 Å². The zero-order chi connectivity index (χ0) is 28.3. The second kappa shape index (κ2) is 11.8. The Labute approximate surface area is 246 Å². The van der Waals surface area contributed by atoms with E-state index in [9.17, 15) is 9.59 Å². The number of benzene rings is 2. The van der Waals surface area contributed by atoms with Crippen LogP contribution in [0.15, 0.2) is 75.9 Å². The molecule has 0 unspecified atom stereocenters. The van der Waals surface area contributed by atoms with Crippen molar-refractivity contribution in [3.05, 3.63) is 92.6 Å². The molecule has 0 aliphatic carbocycles. The van der Waals surface area contributed by atoms with Crippen LogP contribution in [0.25, 0.3) is 33.6 Å². The first kappa shape index (κ1) is 27.1. The number of amides is 2. The predicted molar refractivity (Wildman–Crippen MR) is 163 cm³/mol. The minimum absolute atomic E-state index is 0.108. The third-order valence-electron chi connectivity index (χ3n) is 7.59. The normalized spacial score (nSPS) is 13.9. The first-order chi connectivity index (χ1) is 20.0. The zero-order valence-electron chi connectivity index (χ0n) is 22.9. The fraction of sp³-hybridized carbons (Fsp3) is 0.250. The van der Waals surface area contributed by atoms with Crippen molar-refractivity contribution >= 4 is 34.5 Å². The second-order valence-electron chi connectivity index (χ2n) is 10.2. The Hall–Kier alpha value is -4.08. The summed E-state index contributed by atoms with van der Waals surface area (Å²) in [5.41, 5.74) is 6.14. The number of nitrogens with one attached hydrogen (secondary N) is 1. The summed E-state index contributed by atoms with van der Waals surface area (Å²) in [6.45, 7) is 3.44. The van der Waals surface area contributed by atoms with Gasteiger partial charge in [-0.1, -0.05) is 41.6 Å². The largest absolute Gasteiger partial charge is 0.360 e. The van der Waals surface area contributed by atoms with Gasteiger partial charge in [0.25, 0.3) is 5.91 Å². The Kier molecular flexibility index (Phi) is 7.80. The number of carbonyl (C=O) groups is 2. The van der Waals surface area contributed by atoms with Crippen molar-refractivity contribution in [1.29, 1.82) is 0 Å². The molecule has 9 heteroatoms. The van der Waals surface area contributed by atoms with Crippen LogP contribution in [-0.2, 0) is 11.2 Å². The van der Waals surface area contributed by atoms with Crippen LogP contribution in [0.5, 0.6) is 0 Å². The van der Waals surface area contributed by atoms with Crippen molar-refractivity contribution in [2.45, 2.75) is 32.1 Å². The number of rotatable bonds is 7. The van der Waals surface area contributed by atoms with E-state index in [1.807, 2.05) is 71.8 Å². The molecule has 5 aromatic rings. The van der Waals surface area contributed by atoms with Crippen LogP contribution < -0.4 is 5.32 Å². The van der Waals surface area contributed by atoms with E-state index in [2.05, 4.69) is 21.9 Å². The number of aryl methyl sites for hydroxylation is 1. The molecule has 3 aromatic heterocycles. The molecule has 0 spiro atoms. The van der Waals surface area contributed by atoms with Gasteiger partial charge < -0.3 is 14.7 Å². The molecule has 1 fully saturated rings. The highest BCUT2D eigenvalue weighted by atomic mass is 32.1. The molecule has 0 atom stereocenters. The number of piperidine rings is 1. The molecule has 7 nitrogen and oxygen atoms in total. The predicted octanol–water partition coefficient (Wildman–Crippen LogP) is 6.81. The molecule has 0 bridgehead atoms. The molecular formula is C32H30N4O3S2. The maximum atomic E-state index is 12.7. The van der Waals surface area contributed by atoms with E-state index >= 15 is 0 Å². The van der Waals surface area contributed by atoms with Crippen LogP contribution in [0.1, 0.15) is 44.8 Å². The van der Waals surface area contributed by atoms with Crippen molar-refractivity contribution in [2.24, 2.45) is 0 Å². The average Bonchev–Trinajstić information content (AvgIpc) is 3.79. The van der Waals surface area contributed by atoms with E-state index in [-0.39, 0.29) is 11.8 Å². The summed E-state index contributed by atoms with van der Waals surface area (Å²) in [5, 5.41) is 12.3. The number of aromatic nitrogens is 2. The van der Waals surface area contributed by atoms with Crippen LogP contribution in [0.4, 0.5) is 0 Å². The van der Waals surface area contributed by atoms with Crippen LogP contribution in [0, 0.1) is 6.92 Å². The minimum Gasteiger partial charge on any atom is -0.360 e. The van der Waals surface area contributed by atoms with E-state index in [4.69, 9.17) is 9.51 Å². The lowest BCUT2D eigenvalue weighted by atomic mass is 9.97. The summed E-state index contributed by atoms with van der Waals surface area (Å²) >= 11 is 3.31. The van der Waals surface area contributed by atoms with Gasteiger partial charge in [0.1, 0.15) is 11.5 Å². The number of hydrogen-bond acceptors (Lipinski definition) is 7. The molecule has 4 heterocycles. The van der Waals surface area contributed by atoms with Gasteiger partial charge in [0.05, 0.1) is 22.7 Å². The molecule has 1 aliphatic rings. The number of hydrogen-bond donors (Lipinski definition) is 1. The van der Waals surface area contributed by atoms with Crippen molar-refractivity contribution in [2.75, 3.05) is 20.1 Å². The van der Waals surface area contributed by atoms with E-state index in [0.717, 1.165) is 75.2 Å². The zero-order valence-corrected chi connectivity index (χ0v) is 24.6. The third-order valence-corrected chi connectivity index (χ3v) is 9.47.